The zero-order chi connectivity index (χ0) is 22.6. The number of rotatable bonds is 8. The van der Waals surface area contributed by atoms with Crippen LogP contribution in [0.5, 0.6) is 0 Å². The maximum absolute atomic E-state index is 12.8. The molecule has 2 aromatic rings. The number of likely N-dealkylation sites (tertiary alicyclic amines) is 1. The average Bonchev–Trinajstić information content (AvgIpc) is 3.24. The summed E-state index contributed by atoms with van der Waals surface area (Å²) in [7, 11) is -3.56. The fourth-order valence-corrected chi connectivity index (χ4v) is 5.85. The van der Waals surface area contributed by atoms with Crippen LogP contribution in [0.4, 0.5) is 5.69 Å². The zero-order valence-electron chi connectivity index (χ0n) is 18.8. The highest BCUT2D eigenvalue weighted by Gasteiger charge is 2.26. The molecule has 7 heteroatoms. The number of anilines is 1. The first-order valence-corrected chi connectivity index (χ1v) is 13.1. The maximum Gasteiger partial charge on any atom is 0.240 e. The van der Waals surface area contributed by atoms with Crippen LogP contribution < -0.4 is 9.62 Å². The summed E-state index contributed by atoms with van der Waals surface area (Å²) < 4.78 is 28.3. The van der Waals surface area contributed by atoms with E-state index in [-0.39, 0.29) is 10.8 Å². The number of nitrogens with one attached hydrogen (secondary N) is 1. The van der Waals surface area contributed by atoms with E-state index in [4.69, 9.17) is 0 Å². The summed E-state index contributed by atoms with van der Waals surface area (Å²) in [6.45, 7) is 5.62. The lowest BCUT2D eigenvalue weighted by Crippen LogP contribution is -2.39. The Bertz CT molecular complexity index is 1030. The van der Waals surface area contributed by atoms with E-state index in [1.807, 2.05) is 6.92 Å². The van der Waals surface area contributed by atoms with Crippen LogP contribution in [-0.2, 0) is 27.7 Å². The summed E-state index contributed by atoms with van der Waals surface area (Å²) in [4.78, 5) is 16.4. The Balaban J connectivity index is 1.25. The van der Waals surface area contributed by atoms with Crippen LogP contribution in [0.3, 0.4) is 0 Å². The molecule has 0 unspecified atom stereocenters. The molecule has 0 aliphatic carbocycles. The zero-order valence-corrected chi connectivity index (χ0v) is 19.6. The lowest BCUT2D eigenvalue weighted by molar-refractivity contribution is -0.118. The number of fused-ring (bicyclic) bond motifs is 1. The molecular weight excluding hydrogens is 422 g/mol. The van der Waals surface area contributed by atoms with Crippen molar-refractivity contribution < 1.29 is 13.2 Å². The van der Waals surface area contributed by atoms with Crippen molar-refractivity contribution >= 4 is 21.6 Å². The summed E-state index contributed by atoms with van der Waals surface area (Å²) >= 11 is 0. The van der Waals surface area contributed by atoms with Crippen molar-refractivity contribution in [1.29, 1.82) is 0 Å². The smallest absolute Gasteiger partial charge is 0.240 e. The number of hydrogen-bond acceptors (Lipinski definition) is 4. The van der Waals surface area contributed by atoms with Gasteiger partial charge in [0.2, 0.25) is 15.9 Å². The molecule has 1 amide bonds. The highest BCUT2D eigenvalue weighted by Crippen LogP contribution is 2.30. The molecule has 4 rings (SSSR count). The molecular formula is C25H33N3O3S. The first kappa shape index (κ1) is 23.0. The molecule has 1 saturated heterocycles. The van der Waals surface area contributed by atoms with Crippen molar-refractivity contribution in [2.75, 3.05) is 37.6 Å². The highest BCUT2D eigenvalue weighted by molar-refractivity contribution is 7.89. The summed E-state index contributed by atoms with van der Waals surface area (Å²) in [5.74, 6) is 0.779. The van der Waals surface area contributed by atoms with Gasteiger partial charge in [0.25, 0.3) is 0 Å². The lowest BCUT2D eigenvalue weighted by atomic mass is 9.90. The molecule has 1 fully saturated rings. The minimum absolute atomic E-state index is 0.0741. The normalized spacial score (nSPS) is 17.5. The van der Waals surface area contributed by atoms with Gasteiger partial charge in [0.15, 0.2) is 0 Å². The van der Waals surface area contributed by atoms with E-state index in [0.29, 0.717) is 31.8 Å². The second-order valence-electron chi connectivity index (χ2n) is 8.81. The molecule has 0 radical (unpaired) electrons. The Morgan fingerprint density at radius 3 is 2.53 bits per heavy atom. The SMILES string of the molecule is CCC(=O)N1CCc2cc(S(=O)(=O)NCCN3CCC(Cc4ccccc4)CC3)ccc21. The molecule has 2 heterocycles. The van der Waals surface area contributed by atoms with E-state index in [9.17, 15) is 13.2 Å². The van der Waals surface area contributed by atoms with Gasteiger partial charge in [-0.2, -0.15) is 0 Å². The predicted molar refractivity (Wildman–Crippen MR) is 127 cm³/mol. The number of benzene rings is 2. The molecule has 0 bridgehead atoms. The Hall–Kier alpha value is -2.22. The first-order chi connectivity index (χ1) is 15.5. The van der Waals surface area contributed by atoms with Gasteiger partial charge in [-0.25, -0.2) is 13.1 Å². The number of piperidine rings is 1. The van der Waals surface area contributed by atoms with Crippen molar-refractivity contribution in [3.63, 3.8) is 0 Å². The fraction of sp³-hybridized carbons (Fsp3) is 0.480. The monoisotopic (exact) mass is 455 g/mol. The Kier molecular flexibility index (Phi) is 7.28. The number of amides is 1. The van der Waals surface area contributed by atoms with Crippen LogP contribution >= 0.6 is 0 Å². The van der Waals surface area contributed by atoms with Gasteiger partial charge in [0.1, 0.15) is 0 Å². The fourth-order valence-electron chi connectivity index (χ4n) is 4.78. The molecule has 0 spiro atoms. The van der Waals surface area contributed by atoms with Gasteiger partial charge in [-0.3, -0.25) is 4.79 Å². The highest BCUT2D eigenvalue weighted by atomic mass is 32.2. The third-order valence-corrected chi connectivity index (χ3v) is 8.11. The second kappa shape index (κ2) is 10.1. The van der Waals surface area contributed by atoms with Gasteiger partial charge >= 0.3 is 0 Å². The molecule has 0 atom stereocenters. The molecule has 2 aliphatic heterocycles. The van der Waals surface area contributed by atoms with E-state index >= 15 is 0 Å². The van der Waals surface area contributed by atoms with Crippen LogP contribution in [-0.4, -0.2) is 51.9 Å². The minimum atomic E-state index is -3.56. The van der Waals surface area contributed by atoms with Gasteiger partial charge in [0.05, 0.1) is 4.90 Å². The van der Waals surface area contributed by atoms with Crippen molar-refractivity contribution in [2.45, 2.75) is 43.9 Å². The summed E-state index contributed by atoms with van der Waals surface area (Å²) in [6, 6.07) is 15.7. The van der Waals surface area contributed by atoms with Crippen molar-refractivity contribution in [2.24, 2.45) is 5.92 Å². The largest absolute Gasteiger partial charge is 0.312 e. The number of sulfonamides is 1. The van der Waals surface area contributed by atoms with Crippen LogP contribution in [0.2, 0.25) is 0 Å². The summed E-state index contributed by atoms with van der Waals surface area (Å²) in [5, 5.41) is 0. The number of hydrogen-bond donors (Lipinski definition) is 1. The third kappa shape index (κ3) is 5.39. The average molecular weight is 456 g/mol. The number of carbonyl (C=O) groups excluding carboxylic acids is 1. The van der Waals surface area contributed by atoms with E-state index in [1.165, 1.54) is 5.56 Å². The van der Waals surface area contributed by atoms with Gasteiger partial charge < -0.3 is 9.80 Å². The molecule has 2 aromatic carbocycles. The maximum atomic E-state index is 12.8. The number of carbonyl (C=O) groups is 1. The molecule has 0 aromatic heterocycles. The first-order valence-electron chi connectivity index (χ1n) is 11.7. The van der Waals surface area contributed by atoms with E-state index in [0.717, 1.165) is 50.1 Å². The Labute approximate surface area is 191 Å². The standard InChI is InChI=1S/C25H33N3O3S/c1-2-25(29)28-16-12-22-19-23(8-9-24(22)28)32(30,31)26-13-17-27-14-10-21(11-15-27)18-20-6-4-3-5-7-20/h3-9,19,21,26H,2,10-18H2,1H3. The van der Waals surface area contributed by atoms with Crippen LogP contribution in [0.1, 0.15) is 37.3 Å². The molecule has 2 aliphatic rings. The second-order valence-corrected chi connectivity index (χ2v) is 10.6. The lowest BCUT2D eigenvalue weighted by Gasteiger charge is -2.32. The van der Waals surface area contributed by atoms with E-state index in [2.05, 4.69) is 40.0 Å². The van der Waals surface area contributed by atoms with Gasteiger partial charge in [-0.05, 0) is 74.0 Å². The molecule has 1 N–H and O–H groups in total. The summed E-state index contributed by atoms with van der Waals surface area (Å²) in [6.07, 6.45) is 4.58. The predicted octanol–water partition coefficient (Wildman–Crippen LogP) is 3.22. The quantitative estimate of drug-likeness (QED) is 0.664. The Morgan fingerprint density at radius 1 is 1.06 bits per heavy atom. The molecule has 172 valence electrons. The van der Waals surface area contributed by atoms with Gasteiger partial charge in [0, 0.05) is 31.7 Å². The third-order valence-electron chi connectivity index (χ3n) is 6.65. The van der Waals surface area contributed by atoms with E-state index < -0.39 is 10.0 Å². The molecule has 0 saturated carbocycles. The van der Waals surface area contributed by atoms with E-state index in [1.54, 1.807) is 23.1 Å². The van der Waals surface area contributed by atoms with Crippen LogP contribution in [0.25, 0.3) is 0 Å². The molecule has 32 heavy (non-hydrogen) atoms. The summed E-state index contributed by atoms with van der Waals surface area (Å²) in [5.41, 5.74) is 3.17. The van der Waals surface area contributed by atoms with Crippen molar-refractivity contribution in [3.8, 4) is 0 Å². The number of nitrogens with zero attached hydrogens (tertiary/aromatic N) is 2. The topological polar surface area (TPSA) is 69.7 Å². The van der Waals surface area contributed by atoms with Crippen molar-refractivity contribution in [3.05, 3.63) is 59.7 Å². The Morgan fingerprint density at radius 2 is 1.81 bits per heavy atom. The van der Waals surface area contributed by atoms with Crippen LogP contribution in [0, 0.1) is 5.92 Å². The van der Waals surface area contributed by atoms with Crippen molar-refractivity contribution in [1.82, 2.24) is 9.62 Å². The minimum Gasteiger partial charge on any atom is -0.312 e. The van der Waals surface area contributed by atoms with Crippen LogP contribution in [0.15, 0.2) is 53.4 Å². The molecule has 6 nitrogen and oxygen atoms in total. The van der Waals surface area contributed by atoms with Gasteiger partial charge in [-0.15, -0.1) is 0 Å². The van der Waals surface area contributed by atoms with Gasteiger partial charge in [-0.1, -0.05) is 37.3 Å².